The number of ether oxygens (including phenoxy) is 1. The van der Waals surface area contributed by atoms with Crippen LogP contribution in [0.3, 0.4) is 0 Å². The maximum absolute atomic E-state index is 6.40. The largest absolute Gasteiger partial charge is 0.368 e. The first-order valence-corrected chi connectivity index (χ1v) is 15.4. The van der Waals surface area contributed by atoms with Gasteiger partial charge in [-0.1, -0.05) is 131 Å². The normalized spacial score (nSPS) is 26.2. The van der Waals surface area contributed by atoms with Crippen molar-refractivity contribution >= 4 is 0 Å². The first-order valence-electron chi connectivity index (χ1n) is 15.4. The molecule has 2 aliphatic rings. The van der Waals surface area contributed by atoms with Gasteiger partial charge in [0.1, 0.15) is 0 Å². The fraction of sp³-hybridized carbons (Fsp3) is 0.450. The van der Waals surface area contributed by atoms with Gasteiger partial charge in [-0.2, -0.15) is 0 Å². The lowest BCUT2D eigenvalue weighted by Crippen LogP contribution is -2.35. The molecule has 2 rings (SSSR count). The molecular weight excluding hydrogens is 496 g/mol. The minimum absolute atomic E-state index is 0.00393. The van der Waals surface area contributed by atoms with Crippen LogP contribution < -0.4 is 0 Å². The van der Waals surface area contributed by atoms with Crippen LogP contribution in [-0.2, 0) is 4.74 Å². The van der Waals surface area contributed by atoms with E-state index in [1.54, 1.807) is 0 Å². The summed E-state index contributed by atoms with van der Waals surface area (Å²) in [6.45, 7) is 21.9. The fourth-order valence-corrected chi connectivity index (χ4v) is 5.76. The molecule has 1 saturated heterocycles. The third-order valence-electron chi connectivity index (χ3n) is 8.14. The molecule has 2 bridgehead atoms. The van der Waals surface area contributed by atoms with Crippen molar-refractivity contribution in [1.82, 2.24) is 0 Å². The topological polar surface area (TPSA) is 9.23 Å². The van der Waals surface area contributed by atoms with Crippen molar-refractivity contribution < 1.29 is 4.74 Å². The quantitative estimate of drug-likeness (QED) is 0.163. The van der Waals surface area contributed by atoms with E-state index in [1.807, 2.05) is 0 Å². The summed E-state index contributed by atoms with van der Waals surface area (Å²) in [7, 11) is 0. The summed E-state index contributed by atoms with van der Waals surface area (Å²) >= 11 is 0. The van der Waals surface area contributed by atoms with E-state index >= 15 is 0 Å². The maximum atomic E-state index is 6.40. The lowest BCUT2D eigenvalue weighted by molar-refractivity contribution is -0.113. The lowest BCUT2D eigenvalue weighted by Gasteiger charge is -2.33. The molecule has 3 atom stereocenters. The molecule has 0 aromatic carbocycles. The molecular formula is C40H56O. The van der Waals surface area contributed by atoms with E-state index in [1.165, 1.54) is 46.3 Å². The minimum Gasteiger partial charge on any atom is -0.368 e. The van der Waals surface area contributed by atoms with Gasteiger partial charge in [0.2, 0.25) is 0 Å². The Morgan fingerprint density at radius 3 is 1.61 bits per heavy atom. The molecule has 41 heavy (non-hydrogen) atoms. The molecule has 0 unspecified atom stereocenters. The van der Waals surface area contributed by atoms with Gasteiger partial charge in [-0.3, -0.25) is 0 Å². The molecule has 0 amide bonds. The molecule has 0 aromatic heterocycles. The second-order valence-electron chi connectivity index (χ2n) is 13.0. The zero-order valence-corrected chi connectivity index (χ0v) is 27.6. The summed E-state index contributed by atoms with van der Waals surface area (Å²) < 4.78 is 6.40. The average molecular weight is 553 g/mol. The molecule has 2 fully saturated rings. The third kappa shape index (κ3) is 12.2. The molecule has 222 valence electrons. The molecule has 0 radical (unpaired) electrons. The molecule has 1 aliphatic heterocycles. The van der Waals surface area contributed by atoms with Crippen LogP contribution in [0, 0.1) is 11.8 Å². The lowest BCUT2D eigenvalue weighted by atomic mass is 9.82. The Morgan fingerprint density at radius 2 is 1.15 bits per heavy atom. The molecule has 0 N–H and O–H groups in total. The van der Waals surface area contributed by atoms with Crippen LogP contribution in [0.25, 0.3) is 0 Å². The molecule has 0 spiro atoms. The number of allylic oxidation sites excluding steroid dienone is 21. The fourth-order valence-electron chi connectivity index (χ4n) is 5.76. The maximum Gasteiger partial charge on any atom is 0.0728 e. The highest BCUT2D eigenvalue weighted by Gasteiger charge is 2.59. The van der Waals surface area contributed by atoms with Crippen molar-refractivity contribution in [2.45, 2.75) is 106 Å². The van der Waals surface area contributed by atoms with Crippen LogP contribution in [0.2, 0.25) is 0 Å². The van der Waals surface area contributed by atoms with Crippen LogP contribution in [0.15, 0.2) is 131 Å². The predicted molar refractivity (Wildman–Crippen MR) is 183 cm³/mol. The highest BCUT2D eigenvalue weighted by atomic mass is 16.5. The monoisotopic (exact) mass is 552 g/mol. The molecule has 1 saturated carbocycles. The second-order valence-corrected chi connectivity index (χ2v) is 13.0. The van der Waals surface area contributed by atoms with Crippen LogP contribution in [0.4, 0.5) is 0 Å². The highest BCUT2D eigenvalue weighted by molar-refractivity contribution is 5.32. The van der Waals surface area contributed by atoms with E-state index in [0.717, 1.165) is 12.8 Å². The van der Waals surface area contributed by atoms with Gasteiger partial charge in [0.25, 0.3) is 0 Å². The van der Waals surface area contributed by atoms with Crippen LogP contribution in [-0.4, -0.2) is 11.2 Å². The Labute approximate surface area is 252 Å². The Balaban J connectivity index is 1.80. The van der Waals surface area contributed by atoms with E-state index in [9.17, 15) is 0 Å². The van der Waals surface area contributed by atoms with E-state index in [0.29, 0.717) is 11.8 Å². The SMILES string of the molecule is CC(C)=CCC/C(C)=C/C=C/C(C)=C/C=C/C(C)=C/C=C/C=C(C)/C=C/C=C(C)/C=C/[C@@H]1[C@@H]2CC[C@]1(C)OC2(C)C. The van der Waals surface area contributed by atoms with Crippen molar-refractivity contribution in [3.63, 3.8) is 0 Å². The zero-order chi connectivity index (χ0) is 30.5. The van der Waals surface area contributed by atoms with E-state index < -0.39 is 0 Å². The van der Waals surface area contributed by atoms with E-state index in [4.69, 9.17) is 4.74 Å². The first kappa shape index (κ1) is 34.3. The van der Waals surface area contributed by atoms with Crippen molar-refractivity contribution in [3.05, 3.63) is 131 Å². The predicted octanol–water partition coefficient (Wildman–Crippen LogP) is 11.8. The van der Waals surface area contributed by atoms with Gasteiger partial charge in [0.05, 0.1) is 11.2 Å². The van der Waals surface area contributed by atoms with Crippen LogP contribution in [0.1, 0.15) is 94.9 Å². The zero-order valence-electron chi connectivity index (χ0n) is 27.6. The third-order valence-corrected chi connectivity index (χ3v) is 8.14. The van der Waals surface area contributed by atoms with Gasteiger partial charge >= 0.3 is 0 Å². The first-order chi connectivity index (χ1) is 19.3. The summed E-state index contributed by atoms with van der Waals surface area (Å²) in [5, 5.41) is 0. The summed E-state index contributed by atoms with van der Waals surface area (Å²) in [5.74, 6) is 1.14. The Kier molecular flexibility index (Phi) is 13.8. The van der Waals surface area contributed by atoms with Crippen molar-refractivity contribution in [3.8, 4) is 0 Å². The van der Waals surface area contributed by atoms with E-state index in [-0.39, 0.29) is 11.2 Å². The summed E-state index contributed by atoms with van der Waals surface area (Å²) in [6.07, 6.45) is 39.5. The Bertz CT molecular complexity index is 1210. The molecule has 1 nitrogen and oxygen atoms in total. The molecule has 1 heterocycles. The van der Waals surface area contributed by atoms with Crippen LogP contribution in [0.5, 0.6) is 0 Å². The molecule has 1 heteroatoms. The molecule has 1 aliphatic carbocycles. The van der Waals surface area contributed by atoms with Gasteiger partial charge in [0.15, 0.2) is 0 Å². The van der Waals surface area contributed by atoms with E-state index in [2.05, 4.69) is 166 Å². The van der Waals surface area contributed by atoms with Crippen molar-refractivity contribution in [2.24, 2.45) is 11.8 Å². The van der Waals surface area contributed by atoms with Gasteiger partial charge in [-0.25, -0.2) is 0 Å². The van der Waals surface area contributed by atoms with Gasteiger partial charge in [0, 0.05) is 5.92 Å². The van der Waals surface area contributed by atoms with Gasteiger partial charge in [-0.15, -0.1) is 0 Å². The second kappa shape index (κ2) is 16.5. The van der Waals surface area contributed by atoms with Crippen molar-refractivity contribution in [2.75, 3.05) is 0 Å². The molecule has 0 aromatic rings. The van der Waals surface area contributed by atoms with Gasteiger partial charge in [-0.05, 0) is 101 Å². The van der Waals surface area contributed by atoms with Gasteiger partial charge < -0.3 is 4.74 Å². The Morgan fingerprint density at radius 1 is 0.659 bits per heavy atom. The number of rotatable bonds is 13. The minimum atomic E-state index is -0.00524. The number of hydrogen-bond acceptors (Lipinski definition) is 1. The van der Waals surface area contributed by atoms with Crippen LogP contribution >= 0.6 is 0 Å². The van der Waals surface area contributed by atoms with Crippen molar-refractivity contribution in [1.29, 1.82) is 0 Å². The summed E-state index contributed by atoms with van der Waals surface area (Å²) in [4.78, 5) is 0. The average Bonchev–Trinajstić information content (AvgIpc) is 3.30. The highest BCUT2D eigenvalue weighted by Crippen LogP contribution is 2.57. The smallest absolute Gasteiger partial charge is 0.0728 e. The number of hydrogen-bond donors (Lipinski definition) is 0. The summed E-state index contributed by atoms with van der Waals surface area (Å²) in [6, 6.07) is 0. The summed E-state index contributed by atoms with van der Waals surface area (Å²) in [5.41, 5.74) is 7.74. The standard InChI is InChI=1S/C40H56O/c1-31(2)17-13-20-34(5)23-15-25-35(6)24-14-21-32(3)18-11-12-19-33(4)22-16-26-36(7)27-28-38-37-29-30-40(38,10)41-39(37,8)9/h11-12,14-19,21-28,37-38H,13,20,29-30H2,1-10H3/b12-11+,21-14+,22-16+,25-15+,28-27+,32-18+,33-19+,34-23+,35-24+,36-26+/t37-,38+,40-/m0/s1. The Hall–Kier alpha value is -2.90. The number of fused-ring (bicyclic) bond motifs is 2.